The minimum Gasteiger partial charge on any atom is -0.508 e. The van der Waals surface area contributed by atoms with Crippen molar-refractivity contribution < 1.29 is 34.1 Å². The lowest BCUT2D eigenvalue weighted by Gasteiger charge is -2.44. The summed E-state index contributed by atoms with van der Waals surface area (Å²) in [5.41, 5.74) is 0.846. The van der Waals surface area contributed by atoms with Crippen LogP contribution in [0.4, 0.5) is 0 Å². The SMILES string of the molecule is COC(=O)C=C(C)NC(C(=O)N[C@@H]1C(=O)N2[C@@H]1SC(C)(C)[C@@H]2C(=O)O)c1ccc(O)cc1. The summed E-state index contributed by atoms with van der Waals surface area (Å²) in [5.74, 6) is -2.67. The first-order valence-electron chi connectivity index (χ1n) is 9.81. The van der Waals surface area contributed by atoms with Crippen LogP contribution in [-0.4, -0.2) is 68.2 Å². The van der Waals surface area contributed by atoms with E-state index in [9.17, 15) is 29.4 Å². The van der Waals surface area contributed by atoms with E-state index in [-0.39, 0.29) is 5.75 Å². The molecule has 1 aromatic rings. The number of carboxylic acid groups (broad SMARTS) is 1. The molecule has 32 heavy (non-hydrogen) atoms. The maximum atomic E-state index is 13.2. The predicted molar refractivity (Wildman–Crippen MR) is 115 cm³/mol. The van der Waals surface area contributed by atoms with E-state index in [1.54, 1.807) is 32.9 Å². The summed E-state index contributed by atoms with van der Waals surface area (Å²) in [6.07, 6.45) is 1.18. The average Bonchev–Trinajstić information content (AvgIpc) is 2.98. The highest BCUT2D eigenvalue weighted by molar-refractivity contribution is 8.01. The fourth-order valence-electron chi connectivity index (χ4n) is 3.85. The van der Waals surface area contributed by atoms with Crippen LogP contribution in [0, 0.1) is 0 Å². The zero-order valence-corrected chi connectivity index (χ0v) is 18.8. The van der Waals surface area contributed by atoms with Crippen molar-refractivity contribution in [3.05, 3.63) is 41.6 Å². The van der Waals surface area contributed by atoms with Crippen LogP contribution in [0.5, 0.6) is 5.75 Å². The normalized spacial score (nSPS) is 24.8. The van der Waals surface area contributed by atoms with Gasteiger partial charge in [0.2, 0.25) is 11.8 Å². The molecule has 2 heterocycles. The Labute approximate surface area is 189 Å². The molecule has 3 rings (SSSR count). The number of β-lactam (4-membered cyclic amide) rings is 1. The van der Waals surface area contributed by atoms with Gasteiger partial charge in [0.1, 0.15) is 29.2 Å². The van der Waals surface area contributed by atoms with Crippen LogP contribution < -0.4 is 10.6 Å². The number of esters is 1. The highest BCUT2D eigenvalue weighted by Gasteiger charge is 2.64. The third-order valence-electron chi connectivity index (χ3n) is 5.37. The van der Waals surface area contributed by atoms with Gasteiger partial charge in [0.25, 0.3) is 0 Å². The molecule has 0 aromatic heterocycles. The number of carbonyl (C=O) groups excluding carboxylic acids is 3. The topological polar surface area (TPSA) is 145 Å². The standard InChI is InChI=1S/C21H25N3O7S/c1-10(9-13(26)31-4)22-14(11-5-7-12(25)8-6-11)17(27)23-15-18(28)24-16(20(29)30)21(2,3)32-19(15)24/h5-9,14-16,19,22,25H,1-4H3,(H,23,27)(H,29,30)/t14?,15-,16+,19-/m1/s1. The number of thioether (sulfide) groups is 1. The minimum absolute atomic E-state index is 0.0174. The number of rotatable bonds is 7. The van der Waals surface area contributed by atoms with Gasteiger partial charge in [-0.25, -0.2) is 9.59 Å². The number of aliphatic carboxylic acids is 1. The average molecular weight is 464 g/mol. The molecule has 0 saturated carbocycles. The Morgan fingerprint density at radius 3 is 2.44 bits per heavy atom. The largest absolute Gasteiger partial charge is 0.508 e. The molecule has 2 aliphatic rings. The number of phenols is 1. The number of aromatic hydroxyl groups is 1. The van der Waals surface area contributed by atoms with Gasteiger partial charge in [0, 0.05) is 16.5 Å². The molecule has 2 saturated heterocycles. The minimum atomic E-state index is -1.09. The molecule has 2 amide bonds. The Bertz CT molecular complexity index is 976. The molecule has 4 atom stereocenters. The second-order valence-corrected chi connectivity index (χ2v) is 9.87. The van der Waals surface area contributed by atoms with Crippen molar-refractivity contribution in [1.82, 2.24) is 15.5 Å². The molecule has 4 N–H and O–H groups in total. The third-order valence-corrected chi connectivity index (χ3v) is 6.94. The maximum Gasteiger partial charge on any atom is 0.332 e. The quantitative estimate of drug-likeness (QED) is 0.261. The van der Waals surface area contributed by atoms with Crippen LogP contribution in [0.3, 0.4) is 0 Å². The van der Waals surface area contributed by atoms with Gasteiger partial charge in [0.05, 0.1) is 7.11 Å². The first-order valence-corrected chi connectivity index (χ1v) is 10.7. The summed E-state index contributed by atoms with van der Waals surface area (Å²) >= 11 is 1.33. The number of carboxylic acids is 1. The lowest BCUT2D eigenvalue weighted by Crippen LogP contribution is -2.71. The molecule has 2 aliphatic heterocycles. The molecule has 10 nitrogen and oxygen atoms in total. The molecule has 172 valence electrons. The summed E-state index contributed by atoms with van der Waals surface area (Å²) in [6, 6.07) is 3.09. The maximum absolute atomic E-state index is 13.2. The number of fused-ring (bicyclic) bond motifs is 1. The molecule has 0 aliphatic carbocycles. The molecule has 1 aromatic carbocycles. The van der Waals surface area contributed by atoms with Gasteiger partial charge in [-0.15, -0.1) is 11.8 Å². The zero-order valence-electron chi connectivity index (χ0n) is 18.0. The Balaban J connectivity index is 1.81. The highest BCUT2D eigenvalue weighted by atomic mass is 32.2. The zero-order chi connectivity index (χ0) is 23.8. The van der Waals surface area contributed by atoms with Crippen molar-refractivity contribution in [2.45, 2.75) is 49.0 Å². The van der Waals surface area contributed by atoms with Crippen molar-refractivity contribution in [1.29, 1.82) is 0 Å². The van der Waals surface area contributed by atoms with E-state index in [1.165, 1.54) is 42.0 Å². The second kappa shape index (κ2) is 8.73. The van der Waals surface area contributed by atoms with Crippen molar-refractivity contribution in [2.24, 2.45) is 0 Å². The Hall–Kier alpha value is -3.21. The van der Waals surface area contributed by atoms with Gasteiger partial charge in [-0.1, -0.05) is 12.1 Å². The number of nitrogens with zero attached hydrogens (tertiary/aromatic N) is 1. The smallest absolute Gasteiger partial charge is 0.332 e. The lowest BCUT2D eigenvalue weighted by atomic mass is 9.95. The van der Waals surface area contributed by atoms with Gasteiger partial charge >= 0.3 is 11.9 Å². The van der Waals surface area contributed by atoms with E-state index in [4.69, 9.17) is 0 Å². The number of benzene rings is 1. The number of hydrogen-bond donors (Lipinski definition) is 4. The van der Waals surface area contributed by atoms with Crippen molar-refractivity contribution in [2.75, 3.05) is 7.11 Å². The molecule has 11 heteroatoms. The number of phenolic OH excluding ortho intramolecular Hbond substituents is 1. The Morgan fingerprint density at radius 2 is 1.88 bits per heavy atom. The summed E-state index contributed by atoms with van der Waals surface area (Å²) in [5, 5.41) is 24.3. The molecular formula is C21H25N3O7S. The number of nitrogens with one attached hydrogen (secondary N) is 2. The van der Waals surface area contributed by atoms with E-state index >= 15 is 0 Å². The van der Waals surface area contributed by atoms with Gasteiger partial charge in [0.15, 0.2) is 0 Å². The summed E-state index contributed by atoms with van der Waals surface area (Å²) in [6.45, 7) is 5.09. The Morgan fingerprint density at radius 1 is 1.25 bits per heavy atom. The number of carbonyl (C=O) groups is 4. The number of methoxy groups -OCH3 is 1. The number of amides is 2. The lowest BCUT2D eigenvalue weighted by molar-refractivity contribution is -0.161. The molecular weight excluding hydrogens is 438 g/mol. The predicted octanol–water partition coefficient (Wildman–Crippen LogP) is 0.731. The van der Waals surface area contributed by atoms with Gasteiger partial charge in [-0.3, -0.25) is 9.59 Å². The van der Waals surface area contributed by atoms with Crippen LogP contribution >= 0.6 is 11.8 Å². The Kier molecular flexibility index (Phi) is 6.40. The number of ether oxygens (including phenoxy) is 1. The first kappa shape index (κ1) is 23.5. The molecule has 0 spiro atoms. The third kappa shape index (κ3) is 4.38. The van der Waals surface area contributed by atoms with Crippen LogP contribution in [0.25, 0.3) is 0 Å². The molecule has 1 unspecified atom stereocenters. The first-order chi connectivity index (χ1) is 15.0. The fourth-order valence-corrected chi connectivity index (χ4v) is 5.48. The molecule has 0 bridgehead atoms. The number of hydrogen-bond acceptors (Lipinski definition) is 8. The van der Waals surface area contributed by atoms with Crippen LogP contribution in [0.1, 0.15) is 32.4 Å². The van der Waals surface area contributed by atoms with E-state index in [1.807, 2.05) is 0 Å². The summed E-state index contributed by atoms with van der Waals surface area (Å²) < 4.78 is 3.89. The van der Waals surface area contributed by atoms with Crippen LogP contribution in [0.15, 0.2) is 36.0 Å². The monoisotopic (exact) mass is 463 g/mol. The van der Waals surface area contributed by atoms with Gasteiger partial charge in [-0.2, -0.15) is 0 Å². The summed E-state index contributed by atoms with van der Waals surface area (Å²) in [4.78, 5) is 50.3. The number of allylic oxidation sites excluding steroid dienone is 1. The van der Waals surface area contributed by atoms with Crippen LogP contribution in [0.2, 0.25) is 0 Å². The van der Waals surface area contributed by atoms with Crippen LogP contribution in [-0.2, 0) is 23.9 Å². The van der Waals surface area contributed by atoms with Crippen molar-refractivity contribution in [3.63, 3.8) is 0 Å². The van der Waals surface area contributed by atoms with E-state index < -0.39 is 52.0 Å². The van der Waals surface area contributed by atoms with Gasteiger partial charge < -0.3 is 30.5 Å². The van der Waals surface area contributed by atoms with Gasteiger partial charge in [-0.05, 0) is 38.5 Å². The molecule has 0 radical (unpaired) electrons. The van der Waals surface area contributed by atoms with E-state index in [0.29, 0.717) is 11.3 Å². The van der Waals surface area contributed by atoms with E-state index in [2.05, 4.69) is 15.4 Å². The van der Waals surface area contributed by atoms with Crippen molar-refractivity contribution in [3.8, 4) is 5.75 Å². The fraction of sp³-hybridized carbons (Fsp3) is 0.429. The second-order valence-electron chi connectivity index (χ2n) is 8.10. The summed E-state index contributed by atoms with van der Waals surface area (Å²) in [7, 11) is 1.23. The molecule has 2 fully saturated rings. The van der Waals surface area contributed by atoms with E-state index in [0.717, 1.165) is 0 Å². The highest BCUT2D eigenvalue weighted by Crippen LogP contribution is 2.50. The van der Waals surface area contributed by atoms with Crippen molar-refractivity contribution >= 4 is 35.5 Å².